The lowest BCUT2D eigenvalue weighted by atomic mass is 10.3. The number of aromatic nitrogens is 3. The summed E-state index contributed by atoms with van der Waals surface area (Å²) in [6.07, 6.45) is -1.67. The van der Waals surface area contributed by atoms with E-state index in [0.29, 0.717) is 0 Å². The Hall–Kier alpha value is -2.09. The summed E-state index contributed by atoms with van der Waals surface area (Å²) in [6.45, 7) is 1.75. The monoisotopic (exact) mass is 288 g/mol. The Bertz CT molecular complexity index is 644. The normalized spacial score (nSPS) is 11.0. The highest BCUT2D eigenvalue weighted by Crippen LogP contribution is 2.35. The molecule has 0 aliphatic carbocycles. The SMILES string of the molecule is Cc1ccnc(-n2nc(C(F)F)c([N+](=O)[O-])c2Cl)c1. The zero-order valence-corrected chi connectivity index (χ0v) is 10.3. The lowest BCUT2D eigenvalue weighted by molar-refractivity contribution is -0.386. The second kappa shape index (κ2) is 4.88. The van der Waals surface area contributed by atoms with Crippen molar-refractivity contribution in [1.82, 2.24) is 14.8 Å². The fourth-order valence-electron chi connectivity index (χ4n) is 1.51. The Morgan fingerprint density at radius 3 is 2.68 bits per heavy atom. The summed E-state index contributed by atoms with van der Waals surface area (Å²) in [5, 5.41) is 13.7. The molecule has 2 rings (SSSR count). The van der Waals surface area contributed by atoms with Gasteiger partial charge in [0.15, 0.2) is 5.82 Å². The summed E-state index contributed by atoms with van der Waals surface area (Å²) in [5.74, 6) is 0.139. The summed E-state index contributed by atoms with van der Waals surface area (Å²) in [7, 11) is 0. The highest BCUT2D eigenvalue weighted by Gasteiger charge is 2.33. The van der Waals surface area contributed by atoms with Crippen molar-refractivity contribution in [2.45, 2.75) is 13.3 Å². The molecule has 0 fully saturated rings. The molecule has 0 aliphatic heterocycles. The molecular formula is C10H7ClF2N4O2. The Labute approximate surface area is 110 Å². The molecule has 2 aromatic rings. The van der Waals surface area contributed by atoms with E-state index in [-0.39, 0.29) is 5.82 Å². The molecule has 0 aromatic carbocycles. The van der Waals surface area contributed by atoms with Crippen LogP contribution in [0.2, 0.25) is 5.15 Å². The van der Waals surface area contributed by atoms with Gasteiger partial charge in [-0.25, -0.2) is 13.8 Å². The van der Waals surface area contributed by atoms with Gasteiger partial charge in [-0.05, 0) is 24.6 Å². The van der Waals surface area contributed by atoms with E-state index < -0.39 is 27.9 Å². The number of alkyl halides is 2. The van der Waals surface area contributed by atoms with Crippen molar-refractivity contribution in [1.29, 1.82) is 0 Å². The molecule has 6 nitrogen and oxygen atoms in total. The minimum atomic E-state index is -3.09. The molecule has 0 aliphatic rings. The van der Waals surface area contributed by atoms with Crippen molar-refractivity contribution >= 4 is 17.3 Å². The Kier molecular flexibility index (Phi) is 3.43. The summed E-state index contributed by atoms with van der Waals surface area (Å²) < 4.78 is 26.3. The molecule has 0 amide bonds. The number of halogens is 3. The molecule has 0 N–H and O–H groups in total. The summed E-state index contributed by atoms with van der Waals surface area (Å²) in [6, 6.07) is 3.21. The quantitative estimate of drug-likeness (QED) is 0.642. The van der Waals surface area contributed by atoms with Crippen LogP contribution in [0.5, 0.6) is 0 Å². The average Bonchev–Trinajstić information content (AvgIpc) is 2.67. The molecular weight excluding hydrogens is 282 g/mol. The van der Waals surface area contributed by atoms with E-state index >= 15 is 0 Å². The molecule has 0 spiro atoms. The third-order valence-electron chi connectivity index (χ3n) is 2.34. The van der Waals surface area contributed by atoms with Gasteiger partial charge in [0.05, 0.1) is 4.92 Å². The van der Waals surface area contributed by atoms with Gasteiger partial charge >= 0.3 is 5.69 Å². The van der Waals surface area contributed by atoms with Gasteiger partial charge in [-0.2, -0.15) is 9.78 Å². The first kappa shape index (κ1) is 13.3. The largest absolute Gasteiger partial charge is 0.335 e. The van der Waals surface area contributed by atoms with Gasteiger partial charge in [-0.3, -0.25) is 10.1 Å². The predicted octanol–water partition coefficient (Wildman–Crippen LogP) is 3.07. The number of hydrogen-bond donors (Lipinski definition) is 0. The minimum absolute atomic E-state index is 0.139. The van der Waals surface area contributed by atoms with Gasteiger partial charge in [-0.15, -0.1) is 0 Å². The number of aryl methyl sites for hydroxylation is 1. The van der Waals surface area contributed by atoms with Crippen LogP contribution in [0.25, 0.3) is 5.82 Å². The number of hydrogen-bond acceptors (Lipinski definition) is 4. The highest BCUT2D eigenvalue weighted by atomic mass is 35.5. The molecule has 0 bridgehead atoms. The smallest absolute Gasteiger partial charge is 0.258 e. The third-order valence-corrected chi connectivity index (χ3v) is 2.68. The maximum atomic E-state index is 12.7. The number of nitro groups is 1. The second-order valence-corrected chi connectivity index (χ2v) is 4.04. The first-order valence-electron chi connectivity index (χ1n) is 5.05. The van der Waals surface area contributed by atoms with E-state index in [2.05, 4.69) is 10.1 Å². The fraction of sp³-hybridized carbons (Fsp3) is 0.200. The van der Waals surface area contributed by atoms with Crippen LogP contribution in [0, 0.1) is 17.0 Å². The van der Waals surface area contributed by atoms with E-state index in [1.807, 2.05) is 0 Å². The van der Waals surface area contributed by atoms with Crippen LogP contribution in [0.4, 0.5) is 14.5 Å². The molecule has 19 heavy (non-hydrogen) atoms. The topological polar surface area (TPSA) is 73.8 Å². The Morgan fingerprint density at radius 1 is 1.53 bits per heavy atom. The molecule has 100 valence electrons. The van der Waals surface area contributed by atoms with Crippen LogP contribution >= 0.6 is 11.6 Å². The Morgan fingerprint density at radius 2 is 2.21 bits per heavy atom. The highest BCUT2D eigenvalue weighted by molar-refractivity contribution is 6.32. The molecule has 0 saturated heterocycles. The zero-order valence-electron chi connectivity index (χ0n) is 9.55. The van der Waals surface area contributed by atoms with Crippen LogP contribution in [-0.4, -0.2) is 19.7 Å². The lowest BCUT2D eigenvalue weighted by Crippen LogP contribution is -2.00. The molecule has 2 heterocycles. The van der Waals surface area contributed by atoms with Gasteiger partial charge in [-0.1, -0.05) is 11.6 Å². The number of pyridine rings is 1. The van der Waals surface area contributed by atoms with Crippen molar-refractivity contribution < 1.29 is 13.7 Å². The van der Waals surface area contributed by atoms with E-state index in [9.17, 15) is 18.9 Å². The van der Waals surface area contributed by atoms with Crippen molar-refractivity contribution in [3.05, 3.63) is 44.9 Å². The van der Waals surface area contributed by atoms with Gasteiger partial charge in [0.25, 0.3) is 6.43 Å². The van der Waals surface area contributed by atoms with E-state index in [1.54, 1.807) is 13.0 Å². The first-order chi connectivity index (χ1) is 8.91. The first-order valence-corrected chi connectivity index (χ1v) is 5.43. The molecule has 9 heteroatoms. The van der Waals surface area contributed by atoms with Gasteiger partial charge in [0, 0.05) is 6.20 Å². The Balaban J connectivity index is 2.66. The fourth-order valence-corrected chi connectivity index (χ4v) is 1.80. The number of rotatable bonds is 3. The van der Waals surface area contributed by atoms with Crippen LogP contribution in [0.1, 0.15) is 17.7 Å². The van der Waals surface area contributed by atoms with Gasteiger partial charge in [0.2, 0.25) is 10.8 Å². The van der Waals surface area contributed by atoms with E-state index in [4.69, 9.17) is 11.6 Å². The molecule has 0 saturated carbocycles. The van der Waals surface area contributed by atoms with Crippen molar-refractivity contribution in [3.63, 3.8) is 0 Å². The van der Waals surface area contributed by atoms with Crippen LogP contribution in [0.3, 0.4) is 0 Å². The molecule has 0 radical (unpaired) electrons. The summed E-state index contributed by atoms with van der Waals surface area (Å²) in [4.78, 5) is 13.7. The predicted molar refractivity (Wildman–Crippen MR) is 62.7 cm³/mol. The summed E-state index contributed by atoms with van der Waals surface area (Å²) >= 11 is 5.74. The van der Waals surface area contributed by atoms with E-state index in [1.165, 1.54) is 12.3 Å². The van der Waals surface area contributed by atoms with Crippen LogP contribution < -0.4 is 0 Å². The zero-order chi connectivity index (χ0) is 14.2. The maximum Gasteiger partial charge on any atom is 0.335 e. The minimum Gasteiger partial charge on any atom is -0.258 e. The average molecular weight is 289 g/mol. The van der Waals surface area contributed by atoms with Crippen LogP contribution in [0.15, 0.2) is 18.3 Å². The maximum absolute atomic E-state index is 12.7. The summed E-state index contributed by atoms with van der Waals surface area (Å²) in [5.41, 5.74) is -1.09. The lowest BCUT2D eigenvalue weighted by Gasteiger charge is -2.01. The van der Waals surface area contributed by atoms with Crippen molar-refractivity contribution in [2.75, 3.05) is 0 Å². The number of nitrogens with zero attached hydrogens (tertiary/aromatic N) is 4. The van der Waals surface area contributed by atoms with Gasteiger partial charge < -0.3 is 0 Å². The second-order valence-electron chi connectivity index (χ2n) is 3.69. The standard InChI is InChI=1S/C10H7ClF2N4O2/c1-5-2-3-14-6(4-5)16-9(11)8(17(18)19)7(15-16)10(12)13/h2-4,10H,1H3. The third kappa shape index (κ3) is 2.39. The molecule has 0 atom stereocenters. The molecule has 2 aromatic heterocycles. The van der Waals surface area contributed by atoms with Crippen molar-refractivity contribution in [2.24, 2.45) is 0 Å². The molecule has 0 unspecified atom stereocenters. The van der Waals surface area contributed by atoms with Gasteiger partial charge in [0.1, 0.15) is 0 Å². The van der Waals surface area contributed by atoms with Crippen molar-refractivity contribution in [3.8, 4) is 5.82 Å². The van der Waals surface area contributed by atoms with E-state index in [0.717, 1.165) is 10.2 Å². The van der Waals surface area contributed by atoms with Crippen LogP contribution in [-0.2, 0) is 0 Å².